The third kappa shape index (κ3) is 2.69. The summed E-state index contributed by atoms with van der Waals surface area (Å²) in [4.78, 5) is 0.320. The smallest absolute Gasteiger partial charge is 0.175 e. The van der Waals surface area contributed by atoms with E-state index in [2.05, 4.69) is 0 Å². The molecule has 0 unspecified atom stereocenters. The highest BCUT2D eigenvalue weighted by Crippen LogP contribution is 2.43. The zero-order chi connectivity index (χ0) is 15.0. The predicted molar refractivity (Wildman–Crippen MR) is 79.8 cm³/mol. The van der Waals surface area contributed by atoms with E-state index in [1.807, 2.05) is 0 Å². The first-order valence-electron chi connectivity index (χ1n) is 7.04. The second-order valence-corrected chi connectivity index (χ2v) is 7.94. The topological polar surface area (TPSA) is 80.4 Å². The van der Waals surface area contributed by atoms with E-state index in [4.69, 9.17) is 5.73 Å². The molecule has 0 bridgehead atoms. The van der Waals surface area contributed by atoms with Gasteiger partial charge in [0.2, 0.25) is 0 Å². The zero-order valence-corrected chi connectivity index (χ0v) is 13.0. The molecule has 0 heterocycles. The molecule has 112 valence electrons. The molecule has 0 aromatic heterocycles. The highest BCUT2D eigenvalue weighted by molar-refractivity contribution is 7.90. The third-order valence-corrected chi connectivity index (χ3v) is 5.61. The second kappa shape index (κ2) is 5.37. The van der Waals surface area contributed by atoms with Crippen molar-refractivity contribution in [2.75, 3.05) is 12.8 Å². The summed E-state index contributed by atoms with van der Waals surface area (Å²) in [6.07, 6.45) is 6.25. The summed E-state index contributed by atoms with van der Waals surface area (Å²) >= 11 is 0. The van der Waals surface area contributed by atoms with Crippen molar-refractivity contribution in [3.05, 3.63) is 23.3 Å². The lowest BCUT2D eigenvalue weighted by atomic mass is 9.69. The summed E-state index contributed by atoms with van der Waals surface area (Å²) in [5.41, 5.74) is 6.96. The van der Waals surface area contributed by atoms with Crippen molar-refractivity contribution in [3.63, 3.8) is 0 Å². The second-order valence-electron chi connectivity index (χ2n) is 5.95. The van der Waals surface area contributed by atoms with Gasteiger partial charge < -0.3 is 10.8 Å². The van der Waals surface area contributed by atoms with Gasteiger partial charge in [-0.3, -0.25) is 0 Å². The molecule has 20 heavy (non-hydrogen) atoms. The molecule has 3 N–H and O–H groups in total. The van der Waals surface area contributed by atoms with E-state index in [9.17, 15) is 13.5 Å². The van der Waals surface area contributed by atoms with Gasteiger partial charge in [-0.05, 0) is 43.0 Å². The molecule has 1 aromatic carbocycles. The monoisotopic (exact) mass is 297 g/mol. The quantitative estimate of drug-likeness (QED) is 0.897. The number of sulfone groups is 1. The Balaban J connectivity index is 2.68. The number of phenols is 1. The molecule has 0 atom stereocenters. The van der Waals surface area contributed by atoms with Gasteiger partial charge in [-0.2, -0.15) is 0 Å². The Morgan fingerprint density at radius 2 is 1.85 bits per heavy atom. The van der Waals surface area contributed by atoms with Crippen LogP contribution in [0.4, 0.5) is 0 Å². The van der Waals surface area contributed by atoms with Crippen molar-refractivity contribution in [2.24, 2.45) is 5.73 Å². The molecule has 1 aromatic rings. The Morgan fingerprint density at radius 1 is 1.25 bits per heavy atom. The van der Waals surface area contributed by atoms with Crippen LogP contribution in [0.2, 0.25) is 0 Å². The molecular formula is C15H23NO3S. The Labute approximate surface area is 120 Å². The molecule has 1 saturated carbocycles. The van der Waals surface area contributed by atoms with Crippen LogP contribution in [0.3, 0.4) is 0 Å². The van der Waals surface area contributed by atoms with E-state index in [-0.39, 0.29) is 11.2 Å². The Morgan fingerprint density at radius 3 is 2.35 bits per heavy atom. The minimum Gasteiger partial charge on any atom is -0.508 e. The van der Waals surface area contributed by atoms with E-state index < -0.39 is 9.84 Å². The normalized spacial score (nSPS) is 18.9. The Hall–Kier alpha value is -1.07. The average molecular weight is 297 g/mol. The van der Waals surface area contributed by atoms with Gasteiger partial charge in [-0.1, -0.05) is 19.3 Å². The number of benzene rings is 1. The number of aromatic hydroxyl groups is 1. The fraction of sp³-hybridized carbons (Fsp3) is 0.600. The van der Waals surface area contributed by atoms with Crippen molar-refractivity contribution in [2.45, 2.75) is 49.3 Å². The molecule has 0 saturated heterocycles. The van der Waals surface area contributed by atoms with Crippen molar-refractivity contribution in [3.8, 4) is 5.75 Å². The molecule has 0 radical (unpaired) electrons. The van der Waals surface area contributed by atoms with Gasteiger partial charge in [0.15, 0.2) is 9.84 Å². The van der Waals surface area contributed by atoms with Crippen LogP contribution in [0.5, 0.6) is 5.75 Å². The lowest BCUT2D eigenvalue weighted by Crippen LogP contribution is -2.38. The average Bonchev–Trinajstić information content (AvgIpc) is 2.41. The first kappa shape index (κ1) is 15.3. The van der Waals surface area contributed by atoms with Gasteiger partial charge >= 0.3 is 0 Å². The number of hydrogen-bond donors (Lipinski definition) is 2. The third-order valence-electron chi connectivity index (χ3n) is 4.47. The van der Waals surface area contributed by atoms with E-state index >= 15 is 0 Å². The van der Waals surface area contributed by atoms with E-state index in [1.54, 1.807) is 19.1 Å². The molecule has 5 heteroatoms. The highest BCUT2D eigenvalue weighted by atomic mass is 32.2. The molecule has 0 amide bonds. The van der Waals surface area contributed by atoms with Crippen LogP contribution in [0.15, 0.2) is 17.0 Å². The predicted octanol–water partition coefficient (Wildman–Crippen LogP) is 2.26. The molecule has 0 spiro atoms. The molecule has 1 aliphatic carbocycles. The van der Waals surface area contributed by atoms with Gasteiger partial charge in [-0.25, -0.2) is 8.42 Å². The number of aryl methyl sites for hydroxylation is 1. The van der Waals surface area contributed by atoms with Crippen molar-refractivity contribution in [1.29, 1.82) is 0 Å². The molecule has 1 aliphatic rings. The number of hydrogen-bond acceptors (Lipinski definition) is 4. The van der Waals surface area contributed by atoms with Crippen molar-refractivity contribution >= 4 is 9.84 Å². The van der Waals surface area contributed by atoms with E-state index in [0.717, 1.165) is 32.1 Å². The molecule has 1 fully saturated rings. The summed E-state index contributed by atoms with van der Waals surface area (Å²) in [7, 11) is -3.34. The molecule has 4 nitrogen and oxygen atoms in total. The summed E-state index contributed by atoms with van der Waals surface area (Å²) in [5.74, 6) is 0.144. The molecule has 2 rings (SSSR count). The minimum absolute atomic E-state index is 0.144. The van der Waals surface area contributed by atoms with Crippen LogP contribution in [0, 0.1) is 6.92 Å². The van der Waals surface area contributed by atoms with Crippen molar-refractivity contribution in [1.82, 2.24) is 0 Å². The standard InChI is InChI=1S/C15H23NO3S/c1-11-8-14(20(2,18)19)12(9-13(11)17)15(10-16)6-4-3-5-7-15/h8-9,17H,3-7,10,16H2,1-2H3. The largest absolute Gasteiger partial charge is 0.508 e. The SMILES string of the molecule is Cc1cc(S(C)(=O)=O)c(C2(CN)CCCCC2)cc1O. The van der Waals surface area contributed by atoms with Crippen LogP contribution in [-0.2, 0) is 15.3 Å². The Kier molecular flexibility index (Phi) is 4.12. The van der Waals surface area contributed by atoms with Gasteiger partial charge in [-0.15, -0.1) is 0 Å². The number of nitrogens with two attached hydrogens (primary N) is 1. The summed E-state index contributed by atoms with van der Waals surface area (Å²) in [6, 6.07) is 3.19. The number of phenolic OH excluding ortho intramolecular Hbond substituents is 1. The summed E-state index contributed by atoms with van der Waals surface area (Å²) in [5, 5.41) is 10.00. The lowest BCUT2D eigenvalue weighted by molar-refractivity contribution is 0.295. The van der Waals surface area contributed by atoms with Crippen LogP contribution in [0.25, 0.3) is 0 Å². The van der Waals surface area contributed by atoms with E-state index in [1.165, 1.54) is 6.26 Å². The maximum absolute atomic E-state index is 12.1. The van der Waals surface area contributed by atoms with Crippen LogP contribution >= 0.6 is 0 Å². The van der Waals surface area contributed by atoms with Gasteiger partial charge in [0, 0.05) is 18.2 Å². The summed E-state index contributed by atoms with van der Waals surface area (Å²) in [6.45, 7) is 2.13. The van der Waals surface area contributed by atoms with Gasteiger partial charge in [0.1, 0.15) is 5.75 Å². The van der Waals surface area contributed by atoms with Gasteiger partial charge in [0.05, 0.1) is 4.90 Å². The van der Waals surface area contributed by atoms with E-state index in [0.29, 0.717) is 22.6 Å². The molecule has 0 aliphatic heterocycles. The number of rotatable bonds is 3. The highest BCUT2D eigenvalue weighted by Gasteiger charge is 2.36. The van der Waals surface area contributed by atoms with Crippen LogP contribution < -0.4 is 5.73 Å². The first-order valence-corrected chi connectivity index (χ1v) is 8.93. The lowest BCUT2D eigenvalue weighted by Gasteiger charge is -2.38. The fourth-order valence-electron chi connectivity index (χ4n) is 3.20. The summed E-state index contributed by atoms with van der Waals surface area (Å²) < 4.78 is 24.2. The maximum Gasteiger partial charge on any atom is 0.175 e. The Bertz CT molecular complexity index is 602. The minimum atomic E-state index is -3.34. The van der Waals surface area contributed by atoms with Crippen LogP contribution in [-0.4, -0.2) is 26.3 Å². The van der Waals surface area contributed by atoms with Crippen LogP contribution in [0.1, 0.15) is 43.2 Å². The van der Waals surface area contributed by atoms with Crippen molar-refractivity contribution < 1.29 is 13.5 Å². The molecular weight excluding hydrogens is 274 g/mol. The zero-order valence-electron chi connectivity index (χ0n) is 12.1. The first-order chi connectivity index (χ1) is 9.30. The van der Waals surface area contributed by atoms with Gasteiger partial charge in [0.25, 0.3) is 0 Å². The maximum atomic E-state index is 12.1. The fourth-order valence-corrected chi connectivity index (χ4v) is 4.27.